The van der Waals surface area contributed by atoms with Crippen molar-refractivity contribution >= 4 is 29.7 Å². The van der Waals surface area contributed by atoms with Gasteiger partial charge < -0.3 is 23.4 Å². The minimum atomic E-state index is -1.00. The third kappa shape index (κ3) is 6.00. The molecule has 31 heavy (non-hydrogen) atoms. The van der Waals surface area contributed by atoms with Crippen molar-refractivity contribution in [1.29, 1.82) is 0 Å². The number of carbonyl (C=O) groups is 3. The van der Waals surface area contributed by atoms with E-state index in [0.717, 1.165) is 5.76 Å². The number of thioether (sulfide) groups is 1. The fraction of sp³-hybridized carbons (Fsp3) is 0.429. The van der Waals surface area contributed by atoms with Gasteiger partial charge in [-0.1, -0.05) is 0 Å². The second-order valence-corrected chi connectivity index (χ2v) is 8.04. The molecule has 0 saturated carbocycles. The third-order valence-corrected chi connectivity index (χ3v) is 5.50. The van der Waals surface area contributed by atoms with E-state index in [4.69, 9.17) is 23.4 Å². The van der Waals surface area contributed by atoms with Gasteiger partial charge in [-0.2, -0.15) is 0 Å². The number of nitrogens with zero attached hydrogens (tertiary/aromatic N) is 1. The lowest BCUT2D eigenvalue weighted by Gasteiger charge is -2.39. The predicted molar refractivity (Wildman–Crippen MR) is 110 cm³/mol. The van der Waals surface area contributed by atoms with Crippen LogP contribution in [-0.4, -0.2) is 52.4 Å². The Kier molecular flexibility index (Phi) is 7.21. The van der Waals surface area contributed by atoms with E-state index in [9.17, 15) is 14.4 Å². The van der Waals surface area contributed by atoms with Gasteiger partial charge in [-0.3, -0.25) is 14.4 Å². The van der Waals surface area contributed by atoms with Gasteiger partial charge in [-0.05, 0) is 31.2 Å². The molecule has 10 heteroatoms. The molecule has 0 unspecified atom stereocenters. The Morgan fingerprint density at radius 2 is 1.65 bits per heavy atom. The van der Waals surface area contributed by atoms with E-state index in [-0.39, 0.29) is 5.75 Å². The number of esters is 3. The van der Waals surface area contributed by atoms with Gasteiger partial charge in [0.2, 0.25) is 0 Å². The van der Waals surface area contributed by atoms with Crippen molar-refractivity contribution in [3.8, 4) is 17.2 Å². The van der Waals surface area contributed by atoms with Gasteiger partial charge >= 0.3 is 17.9 Å². The molecule has 0 bridgehead atoms. The van der Waals surface area contributed by atoms with Crippen molar-refractivity contribution in [2.75, 3.05) is 5.75 Å². The van der Waals surface area contributed by atoms with Crippen LogP contribution >= 0.6 is 11.8 Å². The summed E-state index contributed by atoms with van der Waals surface area (Å²) in [5.41, 5.74) is -0.0699. The summed E-state index contributed by atoms with van der Waals surface area (Å²) >= 11 is 1.28. The summed E-state index contributed by atoms with van der Waals surface area (Å²) in [6.07, 6.45) is -1.25. The number of pyridine rings is 1. The summed E-state index contributed by atoms with van der Waals surface area (Å²) in [4.78, 5) is 39.2. The maximum atomic E-state index is 11.7. The fourth-order valence-corrected chi connectivity index (χ4v) is 4.33. The average Bonchev–Trinajstić information content (AvgIpc) is 3.12. The van der Waals surface area contributed by atoms with Crippen LogP contribution in [0.2, 0.25) is 0 Å². The number of furan rings is 1. The zero-order valence-electron chi connectivity index (χ0n) is 17.5. The minimum absolute atomic E-state index is 0.289. The normalized spacial score (nSPS) is 23.0. The molecule has 4 atom stereocenters. The third-order valence-electron chi connectivity index (χ3n) is 4.29. The Labute approximate surface area is 183 Å². The molecule has 0 radical (unpaired) electrons. The molecule has 2 aromatic rings. The zero-order chi connectivity index (χ0) is 22.5. The standard InChI is InChI=1S/C21H23NO8S/c1-11-5-8-17(26-11)16-7-6-15(9-22-16)30-21-20(29-14(4)25)19(28-13(3)24)18(10-31-21)27-12(2)23/h5-9,18-21H,10H2,1-4H3/t18-,19+,20-,21+/m1/s1. The molecule has 1 aliphatic heterocycles. The first kappa shape index (κ1) is 22.7. The molecular weight excluding hydrogens is 426 g/mol. The highest BCUT2D eigenvalue weighted by Crippen LogP contribution is 2.34. The number of ether oxygens (including phenoxy) is 4. The SMILES string of the molecule is CC(=O)O[C@@H]1[C@@H](OC(C)=O)[C@@H](Oc2ccc(-c3ccc(C)o3)nc2)SC[C@H]1OC(C)=O. The maximum Gasteiger partial charge on any atom is 0.303 e. The van der Waals surface area contributed by atoms with Gasteiger partial charge in [-0.25, -0.2) is 4.98 Å². The molecule has 0 N–H and O–H groups in total. The van der Waals surface area contributed by atoms with E-state index < -0.39 is 41.7 Å². The van der Waals surface area contributed by atoms with E-state index in [1.165, 1.54) is 38.7 Å². The molecule has 166 valence electrons. The number of hydrogen-bond donors (Lipinski definition) is 0. The summed E-state index contributed by atoms with van der Waals surface area (Å²) in [7, 11) is 0. The van der Waals surface area contributed by atoms with Gasteiger partial charge in [0.25, 0.3) is 0 Å². The second-order valence-electron chi connectivity index (χ2n) is 6.90. The van der Waals surface area contributed by atoms with Crippen molar-refractivity contribution in [1.82, 2.24) is 4.98 Å². The topological polar surface area (TPSA) is 114 Å². The van der Waals surface area contributed by atoms with Gasteiger partial charge in [0.1, 0.15) is 17.2 Å². The Morgan fingerprint density at radius 1 is 0.968 bits per heavy atom. The molecular formula is C21H23NO8S. The molecule has 3 rings (SSSR count). The van der Waals surface area contributed by atoms with E-state index in [1.54, 1.807) is 12.1 Å². The number of rotatable bonds is 6. The van der Waals surface area contributed by atoms with Crippen molar-refractivity contribution in [2.24, 2.45) is 0 Å². The van der Waals surface area contributed by atoms with Crippen LogP contribution < -0.4 is 4.74 Å². The summed E-state index contributed by atoms with van der Waals surface area (Å²) in [6.45, 7) is 5.57. The highest BCUT2D eigenvalue weighted by atomic mass is 32.2. The lowest BCUT2D eigenvalue weighted by Crippen LogP contribution is -2.55. The van der Waals surface area contributed by atoms with Crippen LogP contribution in [0.3, 0.4) is 0 Å². The molecule has 0 aromatic carbocycles. The predicted octanol–water partition coefficient (Wildman–Crippen LogP) is 2.90. The van der Waals surface area contributed by atoms with Gasteiger partial charge in [0.15, 0.2) is 29.5 Å². The van der Waals surface area contributed by atoms with Crippen molar-refractivity contribution < 1.29 is 37.7 Å². The Morgan fingerprint density at radius 3 is 2.19 bits per heavy atom. The van der Waals surface area contributed by atoms with Crippen LogP contribution in [0.5, 0.6) is 5.75 Å². The number of aromatic nitrogens is 1. The molecule has 1 saturated heterocycles. The van der Waals surface area contributed by atoms with Crippen LogP contribution in [0, 0.1) is 6.92 Å². The van der Waals surface area contributed by atoms with E-state index in [0.29, 0.717) is 17.2 Å². The van der Waals surface area contributed by atoms with Gasteiger partial charge in [0.05, 0.1) is 6.20 Å². The first-order valence-corrected chi connectivity index (χ1v) is 10.6. The van der Waals surface area contributed by atoms with Crippen molar-refractivity contribution in [3.63, 3.8) is 0 Å². The second kappa shape index (κ2) is 9.86. The summed E-state index contributed by atoms with van der Waals surface area (Å²) in [5, 5.41) is 0. The number of hydrogen-bond acceptors (Lipinski definition) is 10. The number of aryl methyl sites for hydroxylation is 1. The first-order chi connectivity index (χ1) is 14.7. The van der Waals surface area contributed by atoms with Crippen LogP contribution in [0.15, 0.2) is 34.9 Å². The zero-order valence-corrected chi connectivity index (χ0v) is 18.3. The molecule has 1 aliphatic rings. The van der Waals surface area contributed by atoms with Crippen LogP contribution in [0.25, 0.3) is 11.5 Å². The summed E-state index contributed by atoms with van der Waals surface area (Å²) in [6, 6.07) is 7.13. The highest BCUT2D eigenvalue weighted by molar-refractivity contribution is 7.99. The Hall–Kier alpha value is -3.01. The van der Waals surface area contributed by atoms with Crippen molar-refractivity contribution in [3.05, 3.63) is 36.2 Å². The van der Waals surface area contributed by atoms with Crippen LogP contribution in [-0.2, 0) is 28.6 Å². The lowest BCUT2D eigenvalue weighted by molar-refractivity contribution is -0.186. The molecule has 0 aliphatic carbocycles. The van der Waals surface area contributed by atoms with Crippen molar-refractivity contribution in [2.45, 2.75) is 51.4 Å². The smallest absolute Gasteiger partial charge is 0.303 e. The van der Waals surface area contributed by atoms with E-state index in [2.05, 4.69) is 4.98 Å². The molecule has 1 fully saturated rings. The fourth-order valence-electron chi connectivity index (χ4n) is 3.11. The quantitative estimate of drug-likeness (QED) is 0.482. The molecule has 3 heterocycles. The van der Waals surface area contributed by atoms with E-state index in [1.807, 2.05) is 19.1 Å². The highest BCUT2D eigenvalue weighted by Gasteiger charge is 2.47. The maximum absolute atomic E-state index is 11.7. The van der Waals surface area contributed by atoms with Crippen LogP contribution in [0.4, 0.5) is 0 Å². The van der Waals surface area contributed by atoms with E-state index >= 15 is 0 Å². The molecule has 9 nitrogen and oxygen atoms in total. The lowest BCUT2D eigenvalue weighted by atomic mass is 10.1. The molecule has 0 amide bonds. The van der Waals surface area contributed by atoms with Crippen LogP contribution in [0.1, 0.15) is 26.5 Å². The minimum Gasteiger partial charge on any atom is -0.474 e. The monoisotopic (exact) mass is 449 g/mol. The largest absolute Gasteiger partial charge is 0.474 e. The summed E-state index contributed by atoms with van der Waals surface area (Å²) < 4.78 is 27.6. The Bertz CT molecular complexity index is 941. The average molecular weight is 449 g/mol. The van der Waals surface area contributed by atoms with Gasteiger partial charge in [-0.15, -0.1) is 11.8 Å². The van der Waals surface area contributed by atoms with Gasteiger partial charge in [0, 0.05) is 26.5 Å². The molecule has 2 aromatic heterocycles. The first-order valence-electron chi connectivity index (χ1n) is 9.55. The molecule has 0 spiro atoms. The summed E-state index contributed by atoms with van der Waals surface area (Å²) in [5.74, 6) is 0.417. The Balaban J connectivity index is 1.80. The number of carbonyl (C=O) groups excluding carboxylic acids is 3.